The predicted molar refractivity (Wildman–Crippen MR) is 63.7 cm³/mol. The van der Waals surface area contributed by atoms with Crippen molar-refractivity contribution in [3.8, 4) is 0 Å². The molecule has 94 valence electrons. The van der Waals surface area contributed by atoms with Crippen LogP contribution in [0.4, 0.5) is 0 Å². The Kier molecular flexibility index (Phi) is 3.47. The number of carboxylic acids is 1. The van der Waals surface area contributed by atoms with Gasteiger partial charge in [0, 0.05) is 32.4 Å². The van der Waals surface area contributed by atoms with Gasteiger partial charge in [-0.3, -0.25) is 4.79 Å². The molecular weight excluding hydrogens is 218 g/mol. The van der Waals surface area contributed by atoms with E-state index < -0.39 is 11.5 Å². The molecule has 1 heterocycles. The lowest BCUT2D eigenvalue weighted by molar-refractivity contribution is -0.144. The zero-order chi connectivity index (χ0) is 12.3. The molecule has 1 saturated carbocycles. The van der Waals surface area contributed by atoms with Gasteiger partial charge in [-0.25, -0.2) is 4.98 Å². The predicted octanol–water partition coefficient (Wildman–Crippen LogP) is 0.950. The Labute approximate surface area is 101 Å². The summed E-state index contributed by atoms with van der Waals surface area (Å²) in [5.74, 6) is 0.269. The van der Waals surface area contributed by atoms with Crippen LogP contribution in [-0.4, -0.2) is 32.7 Å². The standard InChI is InChI=1S/C12H19N3O2/c1-15-9-8-13-10(15)4-7-14-12(11(16)17)5-2-3-6-12/h8-9,14H,2-7H2,1H3,(H,16,17). The van der Waals surface area contributed by atoms with E-state index in [1.807, 2.05) is 17.8 Å². The lowest BCUT2D eigenvalue weighted by Crippen LogP contribution is -2.50. The molecule has 1 aliphatic carbocycles. The normalized spacial score (nSPS) is 18.4. The maximum absolute atomic E-state index is 11.3. The molecule has 0 radical (unpaired) electrons. The summed E-state index contributed by atoms with van der Waals surface area (Å²) in [4.78, 5) is 15.5. The Balaban J connectivity index is 1.89. The summed E-state index contributed by atoms with van der Waals surface area (Å²) in [6.45, 7) is 0.664. The fraction of sp³-hybridized carbons (Fsp3) is 0.667. The van der Waals surface area contributed by atoms with E-state index in [9.17, 15) is 9.90 Å². The third kappa shape index (κ3) is 2.49. The van der Waals surface area contributed by atoms with Gasteiger partial charge in [-0.1, -0.05) is 12.8 Å². The summed E-state index contributed by atoms with van der Waals surface area (Å²) < 4.78 is 1.96. The molecule has 1 aromatic heterocycles. The van der Waals surface area contributed by atoms with Crippen molar-refractivity contribution in [1.82, 2.24) is 14.9 Å². The molecule has 0 unspecified atom stereocenters. The van der Waals surface area contributed by atoms with Crippen molar-refractivity contribution in [2.24, 2.45) is 7.05 Å². The van der Waals surface area contributed by atoms with Gasteiger partial charge in [-0.05, 0) is 12.8 Å². The number of aromatic nitrogens is 2. The fourth-order valence-corrected chi connectivity index (χ4v) is 2.50. The molecule has 5 heteroatoms. The number of carbonyl (C=O) groups is 1. The highest BCUT2D eigenvalue weighted by Gasteiger charge is 2.40. The molecule has 0 saturated heterocycles. The van der Waals surface area contributed by atoms with Crippen molar-refractivity contribution in [3.05, 3.63) is 18.2 Å². The second kappa shape index (κ2) is 4.87. The zero-order valence-corrected chi connectivity index (χ0v) is 10.1. The first-order valence-electron chi connectivity index (χ1n) is 6.09. The van der Waals surface area contributed by atoms with Crippen LogP contribution < -0.4 is 5.32 Å². The number of aryl methyl sites for hydroxylation is 1. The summed E-state index contributed by atoms with van der Waals surface area (Å²) in [5.41, 5.74) is -0.689. The van der Waals surface area contributed by atoms with Gasteiger partial charge in [0.1, 0.15) is 11.4 Å². The van der Waals surface area contributed by atoms with E-state index in [1.165, 1.54) is 0 Å². The topological polar surface area (TPSA) is 67.2 Å². The lowest BCUT2D eigenvalue weighted by atomic mass is 9.98. The van der Waals surface area contributed by atoms with Crippen LogP contribution in [0.2, 0.25) is 0 Å². The van der Waals surface area contributed by atoms with Crippen LogP contribution >= 0.6 is 0 Å². The second-order valence-electron chi connectivity index (χ2n) is 4.73. The first-order valence-corrected chi connectivity index (χ1v) is 6.09. The van der Waals surface area contributed by atoms with Crippen molar-refractivity contribution >= 4 is 5.97 Å². The van der Waals surface area contributed by atoms with Crippen LogP contribution in [0.25, 0.3) is 0 Å². The molecule has 0 bridgehead atoms. The summed E-state index contributed by atoms with van der Waals surface area (Å²) in [5, 5.41) is 12.5. The Hall–Kier alpha value is -1.36. The third-order valence-electron chi connectivity index (χ3n) is 3.60. The molecule has 0 aromatic carbocycles. The number of nitrogens with zero attached hydrogens (tertiary/aromatic N) is 2. The summed E-state index contributed by atoms with van der Waals surface area (Å²) in [7, 11) is 1.95. The SMILES string of the molecule is Cn1ccnc1CCNC1(C(=O)O)CCCC1. The molecular formula is C12H19N3O2. The van der Waals surface area contributed by atoms with Crippen molar-refractivity contribution in [2.45, 2.75) is 37.6 Å². The van der Waals surface area contributed by atoms with E-state index in [2.05, 4.69) is 10.3 Å². The quantitative estimate of drug-likeness (QED) is 0.800. The minimum Gasteiger partial charge on any atom is -0.480 e. The molecule has 17 heavy (non-hydrogen) atoms. The van der Waals surface area contributed by atoms with E-state index in [-0.39, 0.29) is 0 Å². The zero-order valence-electron chi connectivity index (χ0n) is 10.1. The Morgan fingerprint density at radius 2 is 2.29 bits per heavy atom. The Morgan fingerprint density at radius 1 is 1.59 bits per heavy atom. The minimum absolute atomic E-state index is 0.664. The monoisotopic (exact) mass is 237 g/mol. The molecule has 0 amide bonds. The van der Waals surface area contributed by atoms with Crippen molar-refractivity contribution in [1.29, 1.82) is 0 Å². The van der Waals surface area contributed by atoms with Gasteiger partial charge in [-0.2, -0.15) is 0 Å². The minimum atomic E-state index is -0.713. The van der Waals surface area contributed by atoms with Gasteiger partial charge in [0.05, 0.1) is 0 Å². The average Bonchev–Trinajstić information content (AvgIpc) is 2.90. The van der Waals surface area contributed by atoms with Crippen LogP contribution in [-0.2, 0) is 18.3 Å². The van der Waals surface area contributed by atoms with E-state index >= 15 is 0 Å². The molecule has 2 N–H and O–H groups in total. The van der Waals surface area contributed by atoms with Crippen molar-refractivity contribution in [3.63, 3.8) is 0 Å². The summed E-state index contributed by atoms with van der Waals surface area (Å²) in [6.07, 6.45) is 7.91. The van der Waals surface area contributed by atoms with Gasteiger partial charge >= 0.3 is 5.97 Å². The van der Waals surface area contributed by atoms with Gasteiger partial charge < -0.3 is 15.0 Å². The second-order valence-corrected chi connectivity index (χ2v) is 4.73. The Morgan fingerprint density at radius 3 is 2.82 bits per heavy atom. The van der Waals surface area contributed by atoms with E-state index in [0.717, 1.165) is 37.9 Å². The first-order chi connectivity index (χ1) is 8.14. The fourth-order valence-electron chi connectivity index (χ4n) is 2.50. The van der Waals surface area contributed by atoms with Crippen LogP contribution in [0.15, 0.2) is 12.4 Å². The van der Waals surface area contributed by atoms with Crippen LogP contribution in [0, 0.1) is 0 Å². The Bertz CT molecular complexity index is 394. The number of hydrogen-bond donors (Lipinski definition) is 2. The molecule has 0 spiro atoms. The van der Waals surface area contributed by atoms with Crippen molar-refractivity contribution in [2.75, 3.05) is 6.54 Å². The van der Waals surface area contributed by atoms with Crippen LogP contribution in [0.3, 0.4) is 0 Å². The van der Waals surface area contributed by atoms with Gasteiger partial charge in [0.25, 0.3) is 0 Å². The number of nitrogens with one attached hydrogen (secondary N) is 1. The molecule has 5 nitrogen and oxygen atoms in total. The molecule has 1 fully saturated rings. The maximum atomic E-state index is 11.3. The summed E-state index contributed by atoms with van der Waals surface area (Å²) in [6, 6.07) is 0. The van der Waals surface area contributed by atoms with Gasteiger partial charge in [0.15, 0.2) is 0 Å². The number of rotatable bonds is 5. The average molecular weight is 237 g/mol. The van der Waals surface area contributed by atoms with E-state index in [1.54, 1.807) is 6.20 Å². The van der Waals surface area contributed by atoms with E-state index in [4.69, 9.17) is 0 Å². The van der Waals surface area contributed by atoms with Crippen LogP contribution in [0.1, 0.15) is 31.5 Å². The van der Waals surface area contributed by atoms with Crippen molar-refractivity contribution < 1.29 is 9.90 Å². The van der Waals surface area contributed by atoms with Gasteiger partial charge in [0.2, 0.25) is 0 Å². The highest BCUT2D eigenvalue weighted by atomic mass is 16.4. The number of aliphatic carboxylic acids is 1. The first kappa shape index (κ1) is 12.1. The molecule has 0 atom stereocenters. The molecule has 1 aromatic rings. The highest BCUT2D eigenvalue weighted by molar-refractivity contribution is 5.79. The lowest BCUT2D eigenvalue weighted by Gasteiger charge is -2.25. The maximum Gasteiger partial charge on any atom is 0.323 e. The highest BCUT2D eigenvalue weighted by Crippen LogP contribution is 2.29. The summed E-state index contributed by atoms with van der Waals surface area (Å²) >= 11 is 0. The van der Waals surface area contributed by atoms with E-state index in [0.29, 0.717) is 6.54 Å². The smallest absolute Gasteiger partial charge is 0.323 e. The largest absolute Gasteiger partial charge is 0.480 e. The number of hydrogen-bond acceptors (Lipinski definition) is 3. The van der Waals surface area contributed by atoms with Gasteiger partial charge in [-0.15, -0.1) is 0 Å². The number of imidazole rings is 1. The molecule has 0 aliphatic heterocycles. The molecule has 1 aliphatic rings. The van der Waals surface area contributed by atoms with Crippen LogP contribution in [0.5, 0.6) is 0 Å². The number of carboxylic acid groups (broad SMARTS) is 1. The third-order valence-corrected chi connectivity index (χ3v) is 3.60. The molecule has 2 rings (SSSR count).